The number of alkyl halides is 12. The number of ether oxygens (including phenoxy) is 1. The third-order valence-electron chi connectivity index (χ3n) is 4.70. The average Bonchev–Trinajstić information content (AvgIpc) is 2.72. The second-order valence-corrected chi connectivity index (χ2v) is 9.63. The van der Waals surface area contributed by atoms with Crippen LogP contribution in [0, 0.1) is 6.92 Å². The van der Waals surface area contributed by atoms with Crippen LogP contribution in [0.1, 0.15) is 22.3 Å². The zero-order chi connectivity index (χ0) is 28.0. The molecule has 0 saturated heterocycles. The molecule has 1 nitrogen and oxygen atoms in total. The molecule has 14 heteroatoms. The molecule has 0 bridgehead atoms. The van der Waals surface area contributed by atoms with E-state index in [1.54, 1.807) is 0 Å². The largest absolute Gasteiger partial charge is 0.573 e. The van der Waals surface area contributed by atoms with Crippen LogP contribution in [0.25, 0.3) is 0 Å². The Hall–Kier alpha value is -3.03. The first-order valence-electron chi connectivity index (χ1n) is 9.82. The van der Waals surface area contributed by atoms with Crippen LogP contribution in [0.4, 0.5) is 52.7 Å². The highest BCUT2D eigenvalue weighted by Gasteiger charge is 2.42. The Morgan fingerprint density at radius 2 is 0.919 bits per heavy atom. The fraction of sp³-hybridized carbons (Fsp3) is 0.217. The van der Waals surface area contributed by atoms with E-state index in [1.165, 1.54) is 6.92 Å². The van der Waals surface area contributed by atoms with Crippen molar-refractivity contribution in [2.24, 2.45) is 0 Å². The average molecular weight is 565 g/mol. The number of hydrogen-bond acceptors (Lipinski definition) is 1. The summed E-state index contributed by atoms with van der Waals surface area (Å²) in [5.74, 6) is -0.750. The topological polar surface area (TPSA) is 9.23 Å². The Morgan fingerprint density at radius 1 is 0.514 bits per heavy atom. The molecular weight excluding hydrogens is 552 g/mol. The number of hydrogen-bond donors (Lipinski definition) is 0. The van der Waals surface area contributed by atoms with Crippen LogP contribution in [-0.4, -0.2) is 6.36 Å². The molecular formula is C23H13F12OS+. The lowest BCUT2D eigenvalue weighted by Gasteiger charge is -2.16. The minimum Gasteiger partial charge on any atom is -0.406 e. The molecule has 0 spiro atoms. The number of benzene rings is 3. The third kappa shape index (κ3) is 7.27. The van der Waals surface area contributed by atoms with Gasteiger partial charge in [-0.2, -0.15) is 39.5 Å². The Labute approximate surface area is 204 Å². The number of halogens is 12. The smallest absolute Gasteiger partial charge is 0.406 e. The Kier molecular flexibility index (Phi) is 7.47. The highest BCUT2D eigenvalue weighted by molar-refractivity contribution is 7.97. The van der Waals surface area contributed by atoms with Crippen molar-refractivity contribution in [1.82, 2.24) is 0 Å². The molecule has 0 fully saturated rings. The van der Waals surface area contributed by atoms with Crippen LogP contribution >= 0.6 is 0 Å². The van der Waals surface area contributed by atoms with Gasteiger partial charge in [0.2, 0.25) is 0 Å². The molecule has 0 aliphatic rings. The summed E-state index contributed by atoms with van der Waals surface area (Å²) in [6.07, 6.45) is -20.5. The van der Waals surface area contributed by atoms with Crippen molar-refractivity contribution >= 4 is 10.9 Å². The first-order valence-corrected chi connectivity index (χ1v) is 11.0. The molecule has 37 heavy (non-hydrogen) atoms. The predicted octanol–water partition coefficient (Wildman–Crippen LogP) is 9.05. The molecule has 0 N–H and O–H groups in total. The summed E-state index contributed by atoms with van der Waals surface area (Å²) in [5, 5.41) is 0. The fourth-order valence-electron chi connectivity index (χ4n) is 3.26. The maximum atomic E-state index is 13.5. The predicted molar refractivity (Wildman–Crippen MR) is 108 cm³/mol. The van der Waals surface area contributed by atoms with Gasteiger partial charge in [0.1, 0.15) is 5.75 Å². The normalized spacial score (nSPS) is 14.0. The lowest BCUT2D eigenvalue weighted by Crippen LogP contribution is -2.17. The summed E-state index contributed by atoms with van der Waals surface area (Å²) < 4.78 is 162. The van der Waals surface area contributed by atoms with Gasteiger partial charge < -0.3 is 4.74 Å². The van der Waals surface area contributed by atoms with E-state index in [0.717, 1.165) is 36.4 Å². The van der Waals surface area contributed by atoms with E-state index >= 15 is 0 Å². The van der Waals surface area contributed by atoms with E-state index < -0.39 is 63.1 Å². The van der Waals surface area contributed by atoms with Crippen molar-refractivity contribution < 1.29 is 57.4 Å². The molecule has 0 aliphatic heterocycles. The molecule has 0 heterocycles. The van der Waals surface area contributed by atoms with Crippen molar-refractivity contribution in [3.63, 3.8) is 0 Å². The summed E-state index contributed by atoms with van der Waals surface area (Å²) in [5.41, 5.74) is -4.60. The van der Waals surface area contributed by atoms with Gasteiger partial charge in [-0.25, -0.2) is 0 Å². The van der Waals surface area contributed by atoms with E-state index in [1.807, 2.05) is 0 Å². The van der Waals surface area contributed by atoms with Gasteiger partial charge in [-0.3, -0.25) is 0 Å². The van der Waals surface area contributed by atoms with Crippen LogP contribution < -0.4 is 4.74 Å². The van der Waals surface area contributed by atoms with Gasteiger partial charge in [-0.15, -0.1) is 13.2 Å². The van der Waals surface area contributed by atoms with E-state index in [2.05, 4.69) is 4.74 Å². The SMILES string of the molecule is Cc1cc([S+](c2ccc(OC(F)(F)F)cc2)c2cc(C(F)(F)F)cc(C(F)(F)F)c2)cc(C(F)(F)F)c1. The zero-order valence-corrected chi connectivity index (χ0v) is 18.9. The molecule has 0 radical (unpaired) electrons. The van der Waals surface area contributed by atoms with Crippen LogP contribution in [0.5, 0.6) is 5.75 Å². The highest BCUT2D eigenvalue weighted by atomic mass is 32.2. The van der Waals surface area contributed by atoms with Gasteiger partial charge in [0.05, 0.1) is 27.6 Å². The number of rotatable bonds is 4. The summed E-state index contributed by atoms with van der Waals surface area (Å²) >= 11 is 0. The second kappa shape index (κ2) is 9.69. The van der Waals surface area contributed by atoms with Crippen molar-refractivity contribution in [3.8, 4) is 5.75 Å². The standard InChI is InChI=1S/C23H13F12OS/c1-12-6-13(20(24,25)26)9-18(7-12)37(17-4-2-16(3-5-17)36-23(33,34)35)19-10-14(21(27,28)29)8-15(11-19)22(30,31)32/h2-11H,1H3/q+1. The van der Waals surface area contributed by atoms with Crippen LogP contribution in [-0.2, 0) is 29.4 Å². The molecule has 200 valence electrons. The lowest BCUT2D eigenvalue weighted by atomic mass is 10.1. The summed E-state index contributed by atoms with van der Waals surface area (Å²) in [6, 6.07) is 6.41. The molecule has 0 amide bonds. The van der Waals surface area contributed by atoms with E-state index in [4.69, 9.17) is 0 Å². The maximum Gasteiger partial charge on any atom is 0.573 e. The molecule has 0 saturated carbocycles. The first-order chi connectivity index (χ1) is 16.7. The van der Waals surface area contributed by atoms with Gasteiger partial charge in [-0.05, 0) is 55.0 Å². The van der Waals surface area contributed by atoms with Gasteiger partial charge >= 0.3 is 24.9 Å². The Morgan fingerprint density at radius 3 is 1.32 bits per heavy atom. The molecule has 3 rings (SSSR count). The molecule has 1 unspecified atom stereocenters. The highest BCUT2D eigenvalue weighted by Crippen LogP contribution is 2.42. The Balaban J connectivity index is 2.31. The lowest BCUT2D eigenvalue weighted by molar-refractivity contribution is -0.274. The molecule has 1 atom stereocenters. The van der Waals surface area contributed by atoms with Gasteiger partial charge in [0.25, 0.3) is 0 Å². The zero-order valence-electron chi connectivity index (χ0n) is 18.1. The van der Waals surface area contributed by atoms with Crippen LogP contribution in [0.2, 0.25) is 0 Å². The van der Waals surface area contributed by atoms with Crippen molar-refractivity contribution in [1.29, 1.82) is 0 Å². The minimum atomic E-state index is -5.24. The molecule has 0 aromatic heterocycles. The van der Waals surface area contributed by atoms with Crippen molar-refractivity contribution in [2.45, 2.75) is 46.5 Å². The molecule has 3 aromatic carbocycles. The molecule has 3 aromatic rings. The Bertz CT molecular complexity index is 1220. The minimum absolute atomic E-state index is 0.00220. The first kappa shape index (κ1) is 28.5. The summed E-state index contributed by atoms with van der Waals surface area (Å²) in [7, 11) is -2.03. The van der Waals surface area contributed by atoms with E-state index in [-0.39, 0.29) is 21.4 Å². The second-order valence-electron chi connectivity index (χ2n) is 7.60. The third-order valence-corrected chi connectivity index (χ3v) is 6.86. The monoisotopic (exact) mass is 565 g/mol. The van der Waals surface area contributed by atoms with Crippen LogP contribution in [0.3, 0.4) is 0 Å². The quantitative estimate of drug-likeness (QED) is 0.227. The maximum absolute atomic E-state index is 13.5. The van der Waals surface area contributed by atoms with Crippen molar-refractivity contribution in [3.05, 3.63) is 82.9 Å². The molecule has 0 aliphatic carbocycles. The summed E-state index contributed by atoms with van der Waals surface area (Å²) in [6.45, 7) is 1.24. The van der Waals surface area contributed by atoms with Gasteiger partial charge in [-0.1, -0.05) is 0 Å². The summed E-state index contributed by atoms with van der Waals surface area (Å²) in [4.78, 5) is -1.10. The van der Waals surface area contributed by atoms with E-state index in [0.29, 0.717) is 18.2 Å². The number of aryl methyl sites for hydroxylation is 1. The fourth-order valence-corrected chi connectivity index (χ4v) is 5.52. The van der Waals surface area contributed by atoms with Crippen molar-refractivity contribution in [2.75, 3.05) is 0 Å². The van der Waals surface area contributed by atoms with Crippen LogP contribution in [0.15, 0.2) is 75.4 Å². The van der Waals surface area contributed by atoms with Gasteiger partial charge in [0.15, 0.2) is 14.7 Å². The van der Waals surface area contributed by atoms with E-state index in [9.17, 15) is 52.7 Å². The van der Waals surface area contributed by atoms with Gasteiger partial charge in [0, 0.05) is 18.2 Å².